The number of hydrogen-bond acceptors (Lipinski definition) is 3. The quantitative estimate of drug-likeness (QED) is 0.920. The second kappa shape index (κ2) is 5.49. The number of thiophene rings is 1. The van der Waals surface area contributed by atoms with Crippen molar-refractivity contribution in [3.63, 3.8) is 0 Å². The third-order valence-corrected chi connectivity index (χ3v) is 5.80. The van der Waals surface area contributed by atoms with Crippen LogP contribution in [0.1, 0.15) is 36.6 Å². The molecule has 1 aromatic rings. The van der Waals surface area contributed by atoms with Crippen molar-refractivity contribution in [1.29, 1.82) is 0 Å². The summed E-state index contributed by atoms with van der Waals surface area (Å²) in [6, 6.07) is 4.52. The van der Waals surface area contributed by atoms with E-state index in [0.717, 1.165) is 16.2 Å². The minimum atomic E-state index is 0.380. The van der Waals surface area contributed by atoms with Crippen molar-refractivity contribution in [2.24, 2.45) is 17.6 Å². The molecule has 0 radical (unpaired) electrons. The molecule has 0 amide bonds. The highest BCUT2D eigenvalue weighted by Gasteiger charge is 2.34. The summed E-state index contributed by atoms with van der Waals surface area (Å²) in [5.41, 5.74) is 6.02. The molecule has 1 saturated heterocycles. The first kappa shape index (κ1) is 12.9. The lowest BCUT2D eigenvalue weighted by molar-refractivity contribution is 0.0562. The molecule has 2 aliphatic rings. The first-order valence-corrected chi connectivity index (χ1v) is 8.15. The topological polar surface area (TPSA) is 29.3 Å². The van der Waals surface area contributed by atoms with E-state index in [9.17, 15) is 0 Å². The lowest BCUT2D eigenvalue weighted by atomic mass is 9.77. The highest BCUT2D eigenvalue weighted by atomic mass is 35.5. The molecule has 0 spiro atoms. The van der Waals surface area contributed by atoms with Crippen LogP contribution in [0.15, 0.2) is 12.1 Å². The standard InChI is InChI=1S/C14H21ClN2S/c15-14-5-4-13(18-14)12(7-16)17-8-10-2-1-3-11(6-10)9-17/h4-5,10-12H,1-3,6-9,16H2. The van der Waals surface area contributed by atoms with Crippen LogP contribution in [0.5, 0.6) is 0 Å². The molecule has 2 N–H and O–H groups in total. The minimum Gasteiger partial charge on any atom is -0.329 e. The third kappa shape index (κ3) is 2.60. The van der Waals surface area contributed by atoms with Gasteiger partial charge in [0.25, 0.3) is 0 Å². The van der Waals surface area contributed by atoms with Gasteiger partial charge in [0.2, 0.25) is 0 Å². The lowest BCUT2D eigenvalue weighted by Crippen LogP contribution is -2.46. The molecule has 4 heteroatoms. The Labute approximate surface area is 118 Å². The molecular formula is C14H21ClN2S. The Balaban J connectivity index is 1.75. The number of piperidine rings is 1. The van der Waals surface area contributed by atoms with Gasteiger partial charge in [0.1, 0.15) is 0 Å². The van der Waals surface area contributed by atoms with Crippen molar-refractivity contribution < 1.29 is 0 Å². The highest BCUT2D eigenvalue weighted by Crippen LogP contribution is 2.39. The van der Waals surface area contributed by atoms with Gasteiger partial charge in [-0.25, -0.2) is 0 Å². The van der Waals surface area contributed by atoms with Crippen molar-refractivity contribution in [1.82, 2.24) is 4.90 Å². The summed E-state index contributed by atoms with van der Waals surface area (Å²) in [6.45, 7) is 3.16. The lowest BCUT2D eigenvalue weighted by Gasteiger charge is -2.44. The SMILES string of the molecule is NCC(c1ccc(Cl)s1)N1CC2CCCC(C2)C1. The zero-order valence-electron chi connectivity index (χ0n) is 10.6. The van der Waals surface area contributed by atoms with E-state index in [0.29, 0.717) is 12.6 Å². The van der Waals surface area contributed by atoms with Gasteiger partial charge in [0, 0.05) is 24.5 Å². The number of fused-ring (bicyclic) bond motifs is 2. The van der Waals surface area contributed by atoms with Gasteiger partial charge >= 0.3 is 0 Å². The summed E-state index contributed by atoms with van der Waals surface area (Å²) in [5.74, 6) is 1.81. The fourth-order valence-corrected chi connectivity index (χ4v) is 4.89. The fraction of sp³-hybridized carbons (Fsp3) is 0.714. The molecule has 18 heavy (non-hydrogen) atoms. The molecule has 3 rings (SSSR count). The molecule has 2 fully saturated rings. The average Bonchev–Trinajstić information content (AvgIpc) is 2.76. The monoisotopic (exact) mass is 284 g/mol. The molecular weight excluding hydrogens is 264 g/mol. The summed E-state index contributed by atoms with van der Waals surface area (Å²) in [5, 5.41) is 0. The van der Waals surface area contributed by atoms with Crippen LogP contribution in [0.25, 0.3) is 0 Å². The normalized spacial score (nSPS) is 30.3. The number of likely N-dealkylation sites (tertiary alicyclic amines) is 1. The summed E-state index contributed by atoms with van der Waals surface area (Å²) < 4.78 is 0.876. The van der Waals surface area contributed by atoms with Crippen LogP contribution in [0, 0.1) is 11.8 Å². The molecule has 1 aliphatic heterocycles. The van der Waals surface area contributed by atoms with Crippen LogP contribution in [0.4, 0.5) is 0 Å². The maximum Gasteiger partial charge on any atom is 0.0931 e. The molecule has 2 nitrogen and oxygen atoms in total. The highest BCUT2D eigenvalue weighted by molar-refractivity contribution is 7.16. The van der Waals surface area contributed by atoms with E-state index in [1.807, 2.05) is 6.07 Å². The number of rotatable bonds is 3. The maximum atomic E-state index is 6.06. The summed E-state index contributed by atoms with van der Waals surface area (Å²) in [7, 11) is 0. The minimum absolute atomic E-state index is 0.380. The van der Waals surface area contributed by atoms with Gasteiger partial charge in [0.15, 0.2) is 0 Å². The molecule has 1 aliphatic carbocycles. The molecule has 3 unspecified atom stereocenters. The van der Waals surface area contributed by atoms with Crippen LogP contribution in [0.3, 0.4) is 0 Å². The van der Waals surface area contributed by atoms with Gasteiger partial charge in [-0.3, -0.25) is 4.90 Å². The van der Waals surface area contributed by atoms with E-state index < -0.39 is 0 Å². The van der Waals surface area contributed by atoms with E-state index in [-0.39, 0.29) is 0 Å². The molecule has 1 aromatic heterocycles. The predicted molar refractivity (Wildman–Crippen MR) is 78.1 cm³/mol. The zero-order valence-corrected chi connectivity index (χ0v) is 12.2. The van der Waals surface area contributed by atoms with Gasteiger partial charge in [0.05, 0.1) is 10.4 Å². The smallest absolute Gasteiger partial charge is 0.0931 e. The van der Waals surface area contributed by atoms with Crippen molar-refractivity contribution >= 4 is 22.9 Å². The van der Waals surface area contributed by atoms with Crippen LogP contribution < -0.4 is 5.73 Å². The van der Waals surface area contributed by atoms with Crippen LogP contribution in [0.2, 0.25) is 4.34 Å². The second-order valence-corrected chi connectivity index (χ2v) is 7.49. The largest absolute Gasteiger partial charge is 0.329 e. The Morgan fingerprint density at radius 2 is 2.06 bits per heavy atom. The van der Waals surface area contributed by atoms with Gasteiger partial charge in [-0.2, -0.15) is 0 Å². The zero-order chi connectivity index (χ0) is 12.5. The molecule has 2 heterocycles. The van der Waals surface area contributed by atoms with Gasteiger partial charge in [-0.15, -0.1) is 11.3 Å². The van der Waals surface area contributed by atoms with Crippen molar-refractivity contribution in [2.45, 2.75) is 31.7 Å². The predicted octanol–water partition coefficient (Wildman–Crippen LogP) is 3.52. The van der Waals surface area contributed by atoms with E-state index in [1.54, 1.807) is 11.3 Å². The Morgan fingerprint density at radius 1 is 1.33 bits per heavy atom. The van der Waals surface area contributed by atoms with Crippen molar-refractivity contribution in [3.8, 4) is 0 Å². The van der Waals surface area contributed by atoms with E-state index in [4.69, 9.17) is 17.3 Å². The Bertz CT molecular complexity index is 394. The fourth-order valence-electron chi connectivity index (χ4n) is 3.68. The van der Waals surface area contributed by atoms with Crippen molar-refractivity contribution in [3.05, 3.63) is 21.3 Å². The Kier molecular flexibility index (Phi) is 3.94. The average molecular weight is 285 g/mol. The van der Waals surface area contributed by atoms with Crippen molar-refractivity contribution in [2.75, 3.05) is 19.6 Å². The summed E-state index contributed by atoms with van der Waals surface area (Å²) in [6.07, 6.45) is 5.70. The van der Waals surface area contributed by atoms with Crippen LogP contribution >= 0.6 is 22.9 Å². The first-order valence-electron chi connectivity index (χ1n) is 6.95. The number of halogens is 1. The second-order valence-electron chi connectivity index (χ2n) is 5.75. The molecule has 2 bridgehead atoms. The molecule has 3 atom stereocenters. The van der Waals surface area contributed by atoms with Crippen LogP contribution in [-0.2, 0) is 0 Å². The van der Waals surface area contributed by atoms with Gasteiger partial charge in [-0.1, -0.05) is 18.0 Å². The number of nitrogens with two attached hydrogens (primary N) is 1. The van der Waals surface area contributed by atoms with E-state index >= 15 is 0 Å². The molecule has 1 saturated carbocycles. The number of nitrogens with zero attached hydrogens (tertiary/aromatic N) is 1. The van der Waals surface area contributed by atoms with Gasteiger partial charge in [-0.05, 0) is 43.2 Å². The third-order valence-electron chi connectivity index (χ3n) is 4.46. The first-order chi connectivity index (χ1) is 8.76. The molecule has 100 valence electrons. The summed E-state index contributed by atoms with van der Waals surface area (Å²) >= 11 is 7.74. The number of hydrogen-bond donors (Lipinski definition) is 1. The molecule has 0 aromatic carbocycles. The van der Waals surface area contributed by atoms with Gasteiger partial charge < -0.3 is 5.73 Å². The van der Waals surface area contributed by atoms with Crippen LogP contribution in [-0.4, -0.2) is 24.5 Å². The van der Waals surface area contributed by atoms with E-state index in [2.05, 4.69) is 11.0 Å². The Hall–Kier alpha value is -0.0900. The maximum absolute atomic E-state index is 6.06. The Morgan fingerprint density at radius 3 is 2.61 bits per heavy atom. The van der Waals surface area contributed by atoms with E-state index in [1.165, 1.54) is 43.6 Å². The summed E-state index contributed by atoms with van der Waals surface area (Å²) in [4.78, 5) is 3.95.